The van der Waals surface area contributed by atoms with Crippen LogP contribution in [0.3, 0.4) is 0 Å². The predicted octanol–water partition coefficient (Wildman–Crippen LogP) is 0.645. The summed E-state index contributed by atoms with van der Waals surface area (Å²) >= 11 is 3.21. The molecule has 1 fully saturated rings. The van der Waals surface area contributed by atoms with E-state index < -0.39 is 22.4 Å². The van der Waals surface area contributed by atoms with Gasteiger partial charge in [-0.15, -0.1) is 0 Å². The molecular formula is C9H13BrO5. The minimum absolute atomic E-state index is 0.173. The summed E-state index contributed by atoms with van der Waals surface area (Å²) in [7, 11) is 1.42. The monoisotopic (exact) mass is 280 g/mol. The van der Waals surface area contributed by atoms with Gasteiger partial charge in [-0.25, -0.2) is 4.79 Å². The minimum Gasteiger partial charge on any atom is -0.460 e. The second kappa shape index (κ2) is 5.05. The van der Waals surface area contributed by atoms with Gasteiger partial charge in [0.2, 0.25) is 0 Å². The van der Waals surface area contributed by atoms with Crippen LogP contribution in [-0.4, -0.2) is 42.7 Å². The number of ether oxygens (including phenoxy) is 3. The van der Waals surface area contributed by atoms with E-state index >= 15 is 0 Å². The summed E-state index contributed by atoms with van der Waals surface area (Å²) in [6.45, 7) is 2.19. The fourth-order valence-corrected chi connectivity index (χ4v) is 2.05. The van der Waals surface area contributed by atoms with Gasteiger partial charge in [0.25, 0.3) is 5.78 Å². The summed E-state index contributed by atoms with van der Waals surface area (Å²) < 4.78 is 13.7. The van der Waals surface area contributed by atoms with Crippen molar-refractivity contribution in [3.05, 3.63) is 0 Å². The van der Waals surface area contributed by atoms with Crippen LogP contribution in [0.2, 0.25) is 0 Å². The molecule has 0 aromatic carbocycles. The van der Waals surface area contributed by atoms with Crippen LogP contribution in [0.1, 0.15) is 13.3 Å². The van der Waals surface area contributed by atoms with E-state index in [9.17, 15) is 9.59 Å². The number of carbonyl (C=O) groups excluding carboxylic acids is 2. The van der Waals surface area contributed by atoms with E-state index in [0.29, 0.717) is 13.0 Å². The number of hydrogen-bond donors (Lipinski definition) is 0. The molecule has 1 aliphatic rings. The second-order valence-electron chi connectivity index (χ2n) is 3.10. The summed E-state index contributed by atoms with van der Waals surface area (Å²) in [5.41, 5.74) is 0. The molecule has 0 aromatic heterocycles. The molecule has 0 spiro atoms. The van der Waals surface area contributed by atoms with Crippen molar-refractivity contribution in [3.8, 4) is 0 Å². The van der Waals surface area contributed by atoms with Gasteiger partial charge in [0, 0.05) is 7.11 Å². The maximum atomic E-state index is 11.7. The maximum Gasteiger partial charge on any atom is 0.376 e. The van der Waals surface area contributed by atoms with Gasteiger partial charge in [-0.2, -0.15) is 0 Å². The molecule has 0 bridgehead atoms. The first-order valence-electron chi connectivity index (χ1n) is 4.61. The Morgan fingerprint density at radius 3 is 2.80 bits per heavy atom. The number of rotatable bonds is 4. The molecule has 1 saturated heterocycles. The van der Waals surface area contributed by atoms with Crippen LogP contribution in [0.4, 0.5) is 0 Å². The molecule has 0 aromatic rings. The molecule has 0 saturated carbocycles. The van der Waals surface area contributed by atoms with E-state index in [2.05, 4.69) is 20.7 Å². The number of esters is 1. The highest BCUT2D eigenvalue weighted by atomic mass is 79.9. The van der Waals surface area contributed by atoms with Crippen molar-refractivity contribution in [1.29, 1.82) is 0 Å². The van der Waals surface area contributed by atoms with Crippen LogP contribution in [0, 0.1) is 0 Å². The molecule has 86 valence electrons. The Morgan fingerprint density at radius 2 is 2.27 bits per heavy atom. The number of alkyl halides is 1. The smallest absolute Gasteiger partial charge is 0.376 e. The number of halogens is 1. The van der Waals surface area contributed by atoms with Gasteiger partial charge in [-0.05, 0) is 13.3 Å². The van der Waals surface area contributed by atoms with Crippen molar-refractivity contribution >= 4 is 27.7 Å². The number of methoxy groups -OCH3 is 1. The lowest BCUT2D eigenvalue weighted by Gasteiger charge is -2.23. The Morgan fingerprint density at radius 1 is 1.60 bits per heavy atom. The molecule has 15 heavy (non-hydrogen) atoms. The minimum atomic E-state index is -1.10. The van der Waals surface area contributed by atoms with E-state index in [-0.39, 0.29) is 6.61 Å². The summed E-state index contributed by atoms with van der Waals surface area (Å²) in [6.07, 6.45) is -0.349. The number of ketones is 1. The largest absolute Gasteiger partial charge is 0.460 e. The molecule has 1 rings (SSSR count). The zero-order valence-electron chi connectivity index (χ0n) is 8.62. The molecule has 6 heteroatoms. The first kappa shape index (κ1) is 12.6. The van der Waals surface area contributed by atoms with Crippen LogP contribution in [-0.2, 0) is 23.8 Å². The lowest BCUT2D eigenvalue weighted by atomic mass is 10.0. The van der Waals surface area contributed by atoms with Gasteiger partial charge in [-0.3, -0.25) is 4.79 Å². The Balaban J connectivity index is 2.76. The van der Waals surface area contributed by atoms with Crippen LogP contribution < -0.4 is 0 Å². The zero-order chi connectivity index (χ0) is 11.5. The van der Waals surface area contributed by atoms with Gasteiger partial charge in [-0.1, -0.05) is 15.9 Å². The van der Waals surface area contributed by atoms with Crippen molar-refractivity contribution in [2.24, 2.45) is 0 Å². The Kier molecular flexibility index (Phi) is 4.24. The number of carbonyl (C=O) groups is 2. The van der Waals surface area contributed by atoms with Gasteiger partial charge < -0.3 is 14.2 Å². The molecule has 5 nitrogen and oxygen atoms in total. The molecular weight excluding hydrogens is 268 g/mol. The highest BCUT2D eigenvalue weighted by Crippen LogP contribution is 2.36. The fraction of sp³-hybridized carbons (Fsp3) is 0.778. The zero-order valence-corrected chi connectivity index (χ0v) is 10.2. The fourth-order valence-electron chi connectivity index (χ4n) is 1.41. The average Bonchev–Trinajstić information content (AvgIpc) is 2.60. The molecule has 1 aliphatic heterocycles. The third-order valence-corrected chi connectivity index (χ3v) is 3.29. The molecule has 0 radical (unpaired) electrons. The third kappa shape index (κ3) is 2.38. The highest BCUT2D eigenvalue weighted by Gasteiger charge is 2.52. The van der Waals surface area contributed by atoms with Crippen molar-refractivity contribution in [1.82, 2.24) is 0 Å². The summed E-state index contributed by atoms with van der Waals surface area (Å²) in [6, 6.07) is 0. The van der Waals surface area contributed by atoms with Crippen LogP contribution in [0.25, 0.3) is 0 Å². The molecule has 0 unspecified atom stereocenters. The number of hydrogen-bond acceptors (Lipinski definition) is 5. The topological polar surface area (TPSA) is 61.8 Å². The van der Waals surface area contributed by atoms with E-state index in [1.54, 1.807) is 6.92 Å². The highest BCUT2D eigenvalue weighted by molar-refractivity contribution is 9.10. The number of Topliss-reactive ketones (excluding diaryl/α,β-unsaturated/α-hetero) is 1. The van der Waals surface area contributed by atoms with Gasteiger partial charge >= 0.3 is 5.97 Å². The van der Waals surface area contributed by atoms with Crippen LogP contribution >= 0.6 is 15.9 Å². The van der Waals surface area contributed by atoms with Crippen LogP contribution in [0.5, 0.6) is 0 Å². The quantitative estimate of drug-likeness (QED) is 0.430. The standard InChI is InChI=1S/C9H13BrO5/c1-3-14-7(12)6(11)9(10)4-5-15-8(9)13-2/h8H,3-5H2,1-2H3/t8-,9+/m0/s1. The van der Waals surface area contributed by atoms with Gasteiger partial charge in [0.1, 0.15) is 4.32 Å². The summed E-state index contributed by atoms with van der Waals surface area (Å²) in [4.78, 5) is 23.0. The lowest BCUT2D eigenvalue weighted by Crippen LogP contribution is -2.45. The normalized spacial score (nSPS) is 30.2. The Hall–Kier alpha value is -0.460. The van der Waals surface area contributed by atoms with Gasteiger partial charge in [0.15, 0.2) is 6.29 Å². The Labute approximate surface area is 96.2 Å². The Bertz CT molecular complexity index is 267. The lowest BCUT2D eigenvalue weighted by molar-refractivity contribution is -0.159. The van der Waals surface area contributed by atoms with E-state index in [0.717, 1.165) is 0 Å². The second-order valence-corrected chi connectivity index (χ2v) is 4.52. The van der Waals surface area contributed by atoms with Gasteiger partial charge in [0.05, 0.1) is 13.2 Å². The molecule has 1 heterocycles. The molecule has 2 atom stereocenters. The van der Waals surface area contributed by atoms with Crippen molar-refractivity contribution < 1.29 is 23.8 Å². The molecule has 0 aliphatic carbocycles. The van der Waals surface area contributed by atoms with Crippen molar-refractivity contribution in [3.63, 3.8) is 0 Å². The average molecular weight is 281 g/mol. The van der Waals surface area contributed by atoms with Crippen molar-refractivity contribution in [2.75, 3.05) is 20.3 Å². The predicted molar refractivity (Wildman–Crippen MR) is 54.7 cm³/mol. The first-order valence-corrected chi connectivity index (χ1v) is 5.40. The molecule has 0 N–H and O–H groups in total. The maximum absolute atomic E-state index is 11.7. The third-order valence-electron chi connectivity index (χ3n) is 2.16. The summed E-state index contributed by atoms with van der Waals surface area (Å²) in [5, 5.41) is 0. The molecule has 0 amide bonds. The van der Waals surface area contributed by atoms with Crippen molar-refractivity contribution in [2.45, 2.75) is 24.0 Å². The first-order chi connectivity index (χ1) is 7.06. The van der Waals surface area contributed by atoms with E-state index in [1.807, 2.05) is 0 Å². The summed E-state index contributed by atoms with van der Waals surface area (Å²) in [5.74, 6) is -1.52. The van der Waals surface area contributed by atoms with E-state index in [4.69, 9.17) is 9.47 Å². The van der Waals surface area contributed by atoms with E-state index in [1.165, 1.54) is 7.11 Å². The SMILES string of the molecule is CCOC(=O)C(=O)[C@]1(Br)CCO[C@@H]1OC. The van der Waals surface area contributed by atoms with Crippen LogP contribution in [0.15, 0.2) is 0 Å².